The first-order valence-corrected chi connectivity index (χ1v) is 6.33. The second-order valence-electron chi connectivity index (χ2n) is 4.11. The van der Waals surface area contributed by atoms with Gasteiger partial charge in [-0.15, -0.1) is 0 Å². The zero-order valence-corrected chi connectivity index (χ0v) is 11.1. The van der Waals surface area contributed by atoms with Crippen molar-refractivity contribution in [2.45, 2.75) is 32.2 Å². The normalized spacial score (nSPS) is 12.2. The van der Waals surface area contributed by atoms with Gasteiger partial charge >= 0.3 is 0 Å². The number of nitrogens with zero attached hydrogens (tertiary/aromatic N) is 1. The Kier molecular flexibility index (Phi) is 3.04. The molecule has 0 atom stereocenters. The van der Waals surface area contributed by atoms with Crippen LogP contribution in [-0.4, -0.2) is 9.97 Å². The first kappa shape index (κ1) is 11.6. The summed E-state index contributed by atoms with van der Waals surface area (Å²) in [6, 6.07) is 6.01. The molecule has 0 amide bonds. The highest BCUT2D eigenvalue weighted by Crippen LogP contribution is 2.26. The van der Waals surface area contributed by atoms with Crippen LogP contribution in [0.5, 0.6) is 0 Å². The predicted molar refractivity (Wildman–Crippen MR) is 70.2 cm³/mol. The van der Waals surface area contributed by atoms with Gasteiger partial charge in [0.25, 0.3) is 0 Å². The predicted octanol–water partition coefficient (Wildman–Crippen LogP) is 3.30. The molecule has 2 aromatic rings. The molecule has 4 heteroatoms. The third kappa shape index (κ3) is 1.87. The molecule has 0 fully saturated rings. The van der Waals surface area contributed by atoms with Gasteiger partial charge in [0.15, 0.2) is 0 Å². The van der Waals surface area contributed by atoms with E-state index in [4.69, 9.17) is 5.73 Å². The van der Waals surface area contributed by atoms with Gasteiger partial charge in [-0.05, 0) is 31.0 Å². The van der Waals surface area contributed by atoms with Crippen molar-refractivity contribution in [2.24, 2.45) is 5.73 Å². The highest BCUT2D eigenvalue weighted by Gasteiger charge is 2.26. The number of imidazole rings is 1. The van der Waals surface area contributed by atoms with E-state index in [1.165, 1.54) is 0 Å². The third-order valence-electron chi connectivity index (χ3n) is 3.18. The van der Waals surface area contributed by atoms with E-state index in [1.54, 1.807) is 0 Å². The Morgan fingerprint density at radius 3 is 2.69 bits per heavy atom. The van der Waals surface area contributed by atoms with Crippen LogP contribution >= 0.6 is 15.9 Å². The van der Waals surface area contributed by atoms with Crippen molar-refractivity contribution in [1.82, 2.24) is 9.97 Å². The van der Waals surface area contributed by atoms with Gasteiger partial charge < -0.3 is 10.7 Å². The number of fused-ring (bicyclic) bond motifs is 1. The number of nitrogens with two attached hydrogens (primary N) is 1. The zero-order valence-electron chi connectivity index (χ0n) is 9.55. The zero-order chi connectivity index (χ0) is 11.8. The van der Waals surface area contributed by atoms with E-state index in [1.807, 2.05) is 18.2 Å². The fourth-order valence-electron chi connectivity index (χ4n) is 1.80. The van der Waals surface area contributed by atoms with Gasteiger partial charge in [-0.2, -0.15) is 0 Å². The minimum absolute atomic E-state index is 0.342. The fourth-order valence-corrected chi connectivity index (χ4v) is 2.16. The van der Waals surface area contributed by atoms with Gasteiger partial charge in [-0.25, -0.2) is 4.98 Å². The Labute approximate surface area is 104 Å². The molecule has 1 aromatic carbocycles. The second-order valence-corrected chi connectivity index (χ2v) is 5.03. The second kappa shape index (κ2) is 4.18. The quantitative estimate of drug-likeness (QED) is 0.907. The lowest BCUT2D eigenvalue weighted by atomic mass is 9.93. The van der Waals surface area contributed by atoms with Crippen molar-refractivity contribution < 1.29 is 0 Å². The summed E-state index contributed by atoms with van der Waals surface area (Å²) in [6.45, 7) is 4.18. The number of hydrogen-bond donors (Lipinski definition) is 2. The molecule has 0 saturated heterocycles. The first-order valence-electron chi connectivity index (χ1n) is 5.53. The van der Waals surface area contributed by atoms with Crippen LogP contribution in [0.2, 0.25) is 0 Å². The van der Waals surface area contributed by atoms with Gasteiger partial charge in [0.05, 0.1) is 16.6 Å². The molecule has 0 spiro atoms. The molecule has 0 saturated carbocycles. The molecule has 0 radical (unpaired) electrons. The maximum atomic E-state index is 6.31. The van der Waals surface area contributed by atoms with Crippen LogP contribution in [0.1, 0.15) is 32.5 Å². The van der Waals surface area contributed by atoms with Crippen molar-refractivity contribution >= 4 is 27.0 Å². The van der Waals surface area contributed by atoms with Crippen molar-refractivity contribution in [3.63, 3.8) is 0 Å². The van der Waals surface area contributed by atoms with E-state index < -0.39 is 0 Å². The van der Waals surface area contributed by atoms with Crippen LogP contribution < -0.4 is 5.73 Å². The van der Waals surface area contributed by atoms with Gasteiger partial charge in [0, 0.05) is 4.47 Å². The number of halogens is 1. The summed E-state index contributed by atoms with van der Waals surface area (Å²) in [6.07, 6.45) is 1.76. The van der Waals surface area contributed by atoms with Gasteiger partial charge in [0.2, 0.25) is 0 Å². The summed E-state index contributed by atoms with van der Waals surface area (Å²) in [7, 11) is 0. The number of aromatic amines is 1. The molecule has 2 rings (SSSR count). The number of nitrogens with one attached hydrogen (secondary N) is 1. The Morgan fingerprint density at radius 2 is 2.06 bits per heavy atom. The Bertz CT molecular complexity index is 500. The summed E-state index contributed by atoms with van der Waals surface area (Å²) < 4.78 is 1.05. The average molecular weight is 282 g/mol. The molecule has 1 heterocycles. The number of aromatic nitrogens is 2. The molecule has 0 unspecified atom stereocenters. The van der Waals surface area contributed by atoms with Crippen molar-refractivity contribution in [3.05, 3.63) is 28.5 Å². The lowest BCUT2D eigenvalue weighted by molar-refractivity contribution is 0.392. The van der Waals surface area contributed by atoms with E-state index in [0.29, 0.717) is 0 Å². The van der Waals surface area contributed by atoms with E-state index in [0.717, 1.165) is 34.2 Å². The van der Waals surface area contributed by atoms with E-state index in [-0.39, 0.29) is 5.54 Å². The maximum Gasteiger partial charge on any atom is 0.127 e. The highest BCUT2D eigenvalue weighted by molar-refractivity contribution is 9.10. The molecule has 3 N–H and O–H groups in total. The van der Waals surface area contributed by atoms with Crippen LogP contribution in [0.3, 0.4) is 0 Å². The molecule has 0 aliphatic rings. The van der Waals surface area contributed by atoms with Crippen LogP contribution in [-0.2, 0) is 5.54 Å². The van der Waals surface area contributed by atoms with E-state index in [2.05, 4.69) is 39.7 Å². The molecule has 86 valence electrons. The molecule has 1 aromatic heterocycles. The number of H-pyrrole nitrogens is 1. The van der Waals surface area contributed by atoms with E-state index >= 15 is 0 Å². The smallest absolute Gasteiger partial charge is 0.127 e. The maximum absolute atomic E-state index is 6.31. The summed E-state index contributed by atoms with van der Waals surface area (Å²) in [5.41, 5.74) is 7.97. The lowest BCUT2D eigenvalue weighted by Gasteiger charge is -2.23. The Balaban J connectivity index is 2.54. The molecule has 16 heavy (non-hydrogen) atoms. The summed E-state index contributed by atoms with van der Waals surface area (Å²) in [5.74, 6) is 0.880. The largest absolute Gasteiger partial charge is 0.340 e. The monoisotopic (exact) mass is 281 g/mol. The number of benzene rings is 1. The van der Waals surface area contributed by atoms with Crippen molar-refractivity contribution in [1.29, 1.82) is 0 Å². The minimum atomic E-state index is -0.342. The topological polar surface area (TPSA) is 54.7 Å². The fraction of sp³-hybridized carbons (Fsp3) is 0.417. The number of rotatable bonds is 3. The average Bonchev–Trinajstić information content (AvgIpc) is 2.71. The Morgan fingerprint density at radius 1 is 1.38 bits per heavy atom. The van der Waals surface area contributed by atoms with Crippen LogP contribution in [0, 0.1) is 0 Å². The first-order chi connectivity index (χ1) is 7.59. The molecular formula is C12H16BrN3. The van der Waals surface area contributed by atoms with Crippen molar-refractivity contribution in [2.75, 3.05) is 0 Å². The third-order valence-corrected chi connectivity index (χ3v) is 3.67. The molecule has 3 nitrogen and oxygen atoms in total. The van der Waals surface area contributed by atoms with Crippen LogP contribution in [0.15, 0.2) is 22.7 Å². The molecule has 0 aliphatic heterocycles. The molecule has 0 aliphatic carbocycles. The molecule has 0 bridgehead atoms. The van der Waals surface area contributed by atoms with Crippen LogP contribution in [0.4, 0.5) is 0 Å². The van der Waals surface area contributed by atoms with E-state index in [9.17, 15) is 0 Å². The van der Waals surface area contributed by atoms with Gasteiger partial charge in [0.1, 0.15) is 5.82 Å². The Hall–Kier alpha value is -0.870. The summed E-state index contributed by atoms with van der Waals surface area (Å²) in [5, 5.41) is 0. The SMILES string of the molecule is CCC(N)(CC)c1nc2ccc(Br)cc2[nH]1. The van der Waals surface area contributed by atoms with Gasteiger partial charge in [-0.3, -0.25) is 0 Å². The lowest BCUT2D eigenvalue weighted by Crippen LogP contribution is -2.36. The summed E-state index contributed by atoms with van der Waals surface area (Å²) >= 11 is 3.45. The summed E-state index contributed by atoms with van der Waals surface area (Å²) in [4.78, 5) is 7.88. The molecular weight excluding hydrogens is 266 g/mol. The minimum Gasteiger partial charge on any atom is -0.340 e. The number of hydrogen-bond acceptors (Lipinski definition) is 2. The van der Waals surface area contributed by atoms with Crippen molar-refractivity contribution in [3.8, 4) is 0 Å². The standard InChI is InChI=1S/C12H16BrN3/c1-3-12(14,4-2)11-15-9-6-5-8(13)7-10(9)16-11/h5-7H,3-4,14H2,1-2H3,(H,15,16). The van der Waals surface area contributed by atoms with Crippen LogP contribution in [0.25, 0.3) is 11.0 Å². The van der Waals surface area contributed by atoms with Gasteiger partial charge in [-0.1, -0.05) is 29.8 Å². The highest BCUT2D eigenvalue weighted by atomic mass is 79.9.